The Balaban J connectivity index is 2.33. The standard InChI is InChI=1S/C13H10N2O5/c1-8-3-2-4-11(12(8)15(18)19)20-9-5-6-10(13(16)17)14-7-9/h2-7H,1H3,(H,16,17). The molecule has 0 fully saturated rings. The third-order valence-electron chi connectivity index (χ3n) is 2.57. The Morgan fingerprint density at radius 3 is 2.65 bits per heavy atom. The van der Waals surface area contributed by atoms with Crippen LogP contribution in [0.2, 0.25) is 0 Å². The summed E-state index contributed by atoms with van der Waals surface area (Å²) in [5.74, 6) is -0.846. The van der Waals surface area contributed by atoms with E-state index in [2.05, 4.69) is 4.98 Å². The minimum atomic E-state index is -1.15. The van der Waals surface area contributed by atoms with E-state index < -0.39 is 10.9 Å². The van der Waals surface area contributed by atoms with Gasteiger partial charge in [0.15, 0.2) is 0 Å². The number of carbonyl (C=O) groups is 1. The third kappa shape index (κ3) is 2.72. The maximum absolute atomic E-state index is 11.0. The van der Waals surface area contributed by atoms with Gasteiger partial charge in [0, 0.05) is 5.56 Å². The number of hydrogen-bond donors (Lipinski definition) is 1. The number of nitro groups is 1. The van der Waals surface area contributed by atoms with Crippen molar-refractivity contribution in [3.05, 3.63) is 57.9 Å². The molecule has 0 spiro atoms. The fraction of sp³-hybridized carbons (Fsp3) is 0.0769. The number of nitrogens with zero attached hydrogens (tertiary/aromatic N) is 2. The highest BCUT2D eigenvalue weighted by molar-refractivity contribution is 5.85. The second-order valence-electron chi connectivity index (χ2n) is 3.97. The lowest BCUT2D eigenvalue weighted by atomic mass is 10.2. The quantitative estimate of drug-likeness (QED) is 0.679. The monoisotopic (exact) mass is 274 g/mol. The molecular formula is C13H10N2O5. The molecule has 20 heavy (non-hydrogen) atoms. The smallest absolute Gasteiger partial charge is 0.354 e. The summed E-state index contributed by atoms with van der Waals surface area (Å²) in [6.07, 6.45) is 1.20. The Bertz CT molecular complexity index is 667. The lowest BCUT2D eigenvalue weighted by molar-refractivity contribution is -0.386. The first kappa shape index (κ1) is 13.5. The minimum Gasteiger partial charge on any atom is -0.477 e. The molecule has 2 rings (SSSR count). The second-order valence-corrected chi connectivity index (χ2v) is 3.97. The number of pyridine rings is 1. The number of rotatable bonds is 4. The number of aromatic carboxylic acids is 1. The highest BCUT2D eigenvalue weighted by atomic mass is 16.6. The van der Waals surface area contributed by atoms with E-state index in [-0.39, 0.29) is 22.9 Å². The minimum absolute atomic E-state index is 0.0832. The van der Waals surface area contributed by atoms with Gasteiger partial charge < -0.3 is 9.84 Å². The van der Waals surface area contributed by atoms with Gasteiger partial charge in [-0.05, 0) is 25.1 Å². The molecule has 0 aliphatic heterocycles. The van der Waals surface area contributed by atoms with Crippen LogP contribution in [0.15, 0.2) is 36.5 Å². The Labute approximate surface area is 113 Å². The SMILES string of the molecule is Cc1cccc(Oc2ccc(C(=O)O)nc2)c1[N+](=O)[O-]. The summed E-state index contributed by atoms with van der Waals surface area (Å²) in [5.41, 5.74) is 0.216. The van der Waals surface area contributed by atoms with Crippen LogP contribution in [-0.4, -0.2) is 21.0 Å². The van der Waals surface area contributed by atoms with Gasteiger partial charge in [0.05, 0.1) is 11.1 Å². The number of hydrogen-bond acceptors (Lipinski definition) is 5. The van der Waals surface area contributed by atoms with Crippen LogP contribution in [0.3, 0.4) is 0 Å². The maximum Gasteiger partial charge on any atom is 0.354 e. The predicted octanol–water partition coefficient (Wildman–Crippen LogP) is 2.79. The largest absolute Gasteiger partial charge is 0.477 e. The number of para-hydroxylation sites is 1. The molecule has 0 saturated heterocycles. The zero-order valence-electron chi connectivity index (χ0n) is 10.4. The molecule has 1 heterocycles. The average Bonchev–Trinajstić information content (AvgIpc) is 2.39. The number of nitro benzene ring substituents is 1. The molecule has 0 bridgehead atoms. The van der Waals surface area contributed by atoms with E-state index >= 15 is 0 Å². The first-order valence-corrected chi connectivity index (χ1v) is 5.60. The molecule has 0 aliphatic rings. The maximum atomic E-state index is 11.0. The molecule has 1 N–H and O–H groups in total. The predicted molar refractivity (Wildman–Crippen MR) is 69.1 cm³/mol. The van der Waals surface area contributed by atoms with Crippen molar-refractivity contribution in [1.29, 1.82) is 0 Å². The summed E-state index contributed by atoms with van der Waals surface area (Å²) < 4.78 is 5.39. The lowest BCUT2D eigenvalue weighted by Crippen LogP contribution is -2.00. The molecule has 0 atom stereocenters. The van der Waals surface area contributed by atoms with Crippen LogP contribution in [0, 0.1) is 17.0 Å². The van der Waals surface area contributed by atoms with Crippen LogP contribution in [0.4, 0.5) is 5.69 Å². The van der Waals surface area contributed by atoms with E-state index in [0.717, 1.165) is 0 Å². The van der Waals surface area contributed by atoms with Crippen molar-refractivity contribution in [2.24, 2.45) is 0 Å². The van der Waals surface area contributed by atoms with Crippen molar-refractivity contribution < 1.29 is 19.6 Å². The Morgan fingerprint density at radius 2 is 2.10 bits per heavy atom. The van der Waals surface area contributed by atoms with Crippen LogP contribution >= 0.6 is 0 Å². The van der Waals surface area contributed by atoms with Gasteiger partial charge in [0.25, 0.3) is 0 Å². The molecule has 1 aromatic heterocycles. The third-order valence-corrected chi connectivity index (χ3v) is 2.57. The zero-order chi connectivity index (χ0) is 14.7. The van der Waals surface area contributed by atoms with E-state index in [0.29, 0.717) is 5.56 Å². The molecule has 7 nitrogen and oxygen atoms in total. The molecule has 0 saturated carbocycles. The van der Waals surface area contributed by atoms with Crippen LogP contribution in [0.1, 0.15) is 16.1 Å². The van der Waals surface area contributed by atoms with Gasteiger partial charge in [0.2, 0.25) is 5.75 Å². The number of benzene rings is 1. The number of aromatic nitrogens is 1. The summed E-state index contributed by atoms with van der Waals surface area (Å²) in [5, 5.41) is 19.7. The molecule has 0 amide bonds. The fourth-order valence-corrected chi connectivity index (χ4v) is 1.64. The Morgan fingerprint density at radius 1 is 1.35 bits per heavy atom. The number of ether oxygens (including phenoxy) is 1. The molecule has 2 aromatic rings. The van der Waals surface area contributed by atoms with Crippen molar-refractivity contribution in [3.8, 4) is 11.5 Å². The summed E-state index contributed by atoms with van der Waals surface area (Å²) in [6, 6.07) is 7.37. The van der Waals surface area contributed by atoms with Gasteiger partial charge in [-0.1, -0.05) is 12.1 Å². The van der Waals surface area contributed by atoms with Crippen molar-refractivity contribution in [1.82, 2.24) is 4.98 Å². The van der Waals surface area contributed by atoms with Crippen LogP contribution in [0.25, 0.3) is 0 Å². The van der Waals surface area contributed by atoms with Crippen molar-refractivity contribution in [2.75, 3.05) is 0 Å². The topological polar surface area (TPSA) is 103 Å². The van der Waals surface area contributed by atoms with Gasteiger partial charge >= 0.3 is 11.7 Å². The molecule has 0 radical (unpaired) electrons. The van der Waals surface area contributed by atoms with Gasteiger partial charge in [-0.15, -0.1) is 0 Å². The zero-order valence-corrected chi connectivity index (χ0v) is 10.4. The normalized spacial score (nSPS) is 10.1. The highest BCUT2D eigenvalue weighted by Gasteiger charge is 2.18. The van der Waals surface area contributed by atoms with Crippen LogP contribution < -0.4 is 4.74 Å². The average molecular weight is 274 g/mol. The molecule has 7 heteroatoms. The summed E-state index contributed by atoms with van der Waals surface area (Å²) in [6.45, 7) is 1.61. The van der Waals surface area contributed by atoms with E-state index in [1.165, 1.54) is 24.4 Å². The van der Waals surface area contributed by atoms with E-state index in [1.54, 1.807) is 19.1 Å². The lowest BCUT2D eigenvalue weighted by Gasteiger charge is -2.07. The first-order valence-electron chi connectivity index (χ1n) is 5.60. The van der Waals surface area contributed by atoms with E-state index in [9.17, 15) is 14.9 Å². The van der Waals surface area contributed by atoms with Crippen molar-refractivity contribution in [3.63, 3.8) is 0 Å². The van der Waals surface area contributed by atoms with Crippen LogP contribution in [0.5, 0.6) is 11.5 Å². The van der Waals surface area contributed by atoms with Gasteiger partial charge in [-0.2, -0.15) is 0 Å². The molecule has 0 unspecified atom stereocenters. The first-order chi connectivity index (χ1) is 9.49. The molecule has 0 aliphatic carbocycles. The summed E-state index contributed by atoms with van der Waals surface area (Å²) >= 11 is 0. The van der Waals surface area contributed by atoms with Gasteiger partial charge in [-0.3, -0.25) is 10.1 Å². The number of carboxylic acids is 1. The molecule has 102 valence electrons. The highest BCUT2D eigenvalue weighted by Crippen LogP contribution is 2.33. The van der Waals surface area contributed by atoms with E-state index in [1.807, 2.05) is 0 Å². The Hall–Kier alpha value is -2.96. The number of carboxylic acid groups (broad SMARTS) is 1. The van der Waals surface area contributed by atoms with Crippen molar-refractivity contribution >= 4 is 11.7 Å². The summed E-state index contributed by atoms with van der Waals surface area (Å²) in [7, 11) is 0. The molecular weight excluding hydrogens is 264 g/mol. The Kier molecular flexibility index (Phi) is 3.60. The number of aryl methyl sites for hydroxylation is 1. The van der Waals surface area contributed by atoms with Crippen molar-refractivity contribution in [2.45, 2.75) is 6.92 Å². The van der Waals surface area contributed by atoms with Crippen LogP contribution in [-0.2, 0) is 0 Å². The fourth-order valence-electron chi connectivity index (χ4n) is 1.64. The van der Waals surface area contributed by atoms with E-state index in [4.69, 9.17) is 9.84 Å². The van der Waals surface area contributed by atoms with Gasteiger partial charge in [-0.25, -0.2) is 9.78 Å². The molecule has 1 aromatic carbocycles. The van der Waals surface area contributed by atoms with Gasteiger partial charge in [0.1, 0.15) is 11.4 Å². The second kappa shape index (κ2) is 5.35. The summed E-state index contributed by atoms with van der Waals surface area (Å²) in [4.78, 5) is 24.8.